The van der Waals surface area contributed by atoms with Gasteiger partial charge in [-0.15, -0.1) is 22.7 Å². The van der Waals surface area contributed by atoms with Crippen molar-refractivity contribution in [3.8, 4) is 0 Å². The van der Waals surface area contributed by atoms with Crippen LogP contribution in [0.25, 0.3) is 0 Å². The maximum absolute atomic E-state index is 11.7. The minimum Gasteiger partial charge on any atom is -0.294 e. The Kier molecular flexibility index (Phi) is 3.61. The van der Waals surface area contributed by atoms with Gasteiger partial charge in [0.15, 0.2) is 11.6 Å². The van der Waals surface area contributed by atoms with Crippen LogP contribution >= 0.6 is 22.7 Å². The van der Waals surface area contributed by atoms with Crippen molar-refractivity contribution in [3.05, 3.63) is 42.8 Å². The van der Waals surface area contributed by atoms with Crippen molar-refractivity contribution < 1.29 is 9.59 Å². The molecule has 0 aromatic carbocycles. The lowest BCUT2D eigenvalue weighted by Gasteiger charge is -2.13. The summed E-state index contributed by atoms with van der Waals surface area (Å²) in [4.78, 5) is 25.2. The lowest BCUT2D eigenvalue weighted by Crippen LogP contribution is -2.08. The third-order valence-corrected chi connectivity index (χ3v) is 6.23. The summed E-state index contributed by atoms with van der Waals surface area (Å²) in [5, 5.41) is 4.24. The molecular formula is C16H16O2S2. The fourth-order valence-corrected chi connectivity index (χ4v) is 5.04. The summed E-state index contributed by atoms with van der Waals surface area (Å²) < 4.78 is 0. The third kappa shape index (κ3) is 2.27. The van der Waals surface area contributed by atoms with Crippen LogP contribution < -0.4 is 0 Å². The predicted molar refractivity (Wildman–Crippen MR) is 83.5 cm³/mol. The van der Waals surface area contributed by atoms with Crippen LogP contribution in [-0.4, -0.2) is 11.6 Å². The van der Waals surface area contributed by atoms with Gasteiger partial charge in [0, 0.05) is 0 Å². The third-order valence-electron chi connectivity index (χ3n) is 3.89. The van der Waals surface area contributed by atoms with Crippen molar-refractivity contribution in [1.82, 2.24) is 0 Å². The first-order chi connectivity index (χ1) is 9.58. The number of carbonyl (C=O) groups is 2. The van der Waals surface area contributed by atoms with Crippen molar-refractivity contribution in [2.24, 2.45) is 0 Å². The molecule has 1 aliphatic rings. The molecule has 0 atom stereocenters. The van der Waals surface area contributed by atoms with E-state index < -0.39 is 0 Å². The highest BCUT2D eigenvalue weighted by molar-refractivity contribution is 7.12. The summed E-state index contributed by atoms with van der Waals surface area (Å²) >= 11 is 3.14. The van der Waals surface area contributed by atoms with Gasteiger partial charge in [-0.05, 0) is 72.5 Å². The average Bonchev–Trinajstić information content (AvgIpc) is 2.93. The molecule has 3 rings (SSSR count). The van der Waals surface area contributed by atoms with Crippen LogP contribution in [0, 0.1) is 0 Å². The number of ketones is 2. The molecule has 0 aliphatic heterocycles. The van der Waals surface area contributed by atoms with Crippen molar-refractivity contribution in [2.45, 2.75) is 39.5 Å². The number of carbonyl (C=O) groups excluding carboxylic acids is 2. The SMILES string of the molecule is CC(=O)c1scc2c1CCc1csc(C(C)=O)c1CC2. The number of hydrogen-bond donors (Lipinski definition) is 0. The molecule has 2 aromatic heterocycles. The molecule has 0 saturated carbocycles. The Morgan fingerprint density at radius 2 is 1.20 bits per heavy atom. The van der Waals surface area contributed by atoms with Gasteiger partial charge in [0.05, 0.1) is 9.75 Å². The van der Waals surface area contributed by atoms with Crippen LogP contribution in [0.2, 0.25) is 0 Å². The Hall–Kier alpha value is -1.26. The van der Waals surface area contributed by atoms with Gasteiger partial charge in [-0.1, -0.05) is 0 Å². The molecule has 0 saturated heterocycles. The van der Waals surface area contributed by atoms with Crippen LogP contribution in [0.3, 0.4) is 0 Å². The summed E-state index contributed by atoms with van der Waals surface area (Å²) in [7, 11) is 0. The maximum Gasteiger partial charge on any atom is 0.169 e. The fraction of sp³-hybridized carbons (Fsp3) is 0.375. The molecule has 2 heterocycles. The molecule has 0 bridgehead atoms. The molecule has 0 radical (unpaired) electrons. The van der Waals surface area contributed by atoms with Crippen molar-refractivity contribution in [1.29, 1.82) is 0 Å². The zero-order valence-electron chi connectivity index (χ0n) is 11.6. The molecule has 2 aromatic rings. The molecule has 2 nitrogen and oxygen atoms in total. The Morgan fingerprint density at radius 3 is 1.55 bits per heavy atom. The molecular weight excluding hydrogens is 288 g/mol. The largest absolute Gasteiger partial charge is 0.294 e. The molecule has 0 amide bonds. The molecule has 0 N–H and O–H groups in total. The Balaban J connectivity index is 1.97. The second-order valence-electron chi connectivity index (χ2n) is 5.25. The minimum absolute atomic E-state index is 0.173. The number of fused-ring (bicyclic) bond motifs is 2. The molecule has 20 heavy (non-hydrogen) atoms. The summed E-state index contributed by atoms with van der Waals surface area (Å²) in [6.07, 6.45) is 3.69. The lowest BCUT2D eigenvalue weighted by atomic mass is 9.90. The first-order valence-electron chi connectivity index (χ1n) is 6.78. The summed E-state index contributed by atoms with van der Waals surface area (Å²) in [5.41, 5.74) is 5.07. The van der Waals surface area contributed by atoms with Gasteiger partial charge in [-0.25, -0.2) is 0 Å². The van der Waals surface area contributed by atoms with E-state index >= 15 is 0 Å². The minimum atomic E-state index is 0.173. The van der Waals surface area contributed by atoms with Crippen molar-refractivity contribution >= 4 is 34.2 Å². The Labute approximate surface area is 126 Å². The summed E-state index contributed by atoms with van der Waals surface area (Å²) in [6, 6.07) is 0. The Bertz CT molecular complexity index is 631. The van der Waals surface area contributed by atoms with Gasteiger partial charge >= 0.3 is 0 Å². The topological polar surface area (TPSA) is 34.1 Å². The van der Waals surface area contributed by atoms with E-state index in [1.54, 1.807) is 36.5 Å². The predicted octanol–water partition coefficient (Wildman–Crippen LogP) is 4.10. The average molecular weight is 304 g/mol. The molecule has 0 fully saturated rings. The first-order valence-corrected chi connectivity index (χ1v) is 8.54. The lowest BCUT2D eigenvalue weighted by molar-refractivity contribution is 0.101. The summed E-state index contributed by atoms with van der Waals surface area (Å²) in [6.45, 7) is 3.30. The van der Waals surface area contributed by atoms with E-state index in [-0.39, 0.29) is 11.6 Å². The maximum atomic E-state index is 11.7. The zero-order valence-corrected chi connectivity index (χ0v) is 13.2. The van der Waals surface area contributed by atoms with E-state index in [9.17, 15) is 9.59 Å². The normalized spacial score (nSPS) is 14.1. The second-order valence-corrected chi connectivity index (χ2v) is 7.01. The highest BCUT2D eigenvalue weighted by atomic mass is 32.1. The molecule has 4 heteroatoms. The highest BCUT2D eigenvalue weighted by Gasteiger charge is 2.21. The number of aryl methyl sites for hydroxylation is 2. The molecule has 0 spiro atoms. The van der Waals surface area contributed by atoms with E-state index in [2.05, 4.69) is 10.8 Å². The molecule has 104 valence electrons. The quantitative estimate of drug-likeness (QED) is 0.783. The van der Waals surface area contributed by atoms with Crippen molar-refractivity contribution in [3.63, 3.8) is 0 Å². The van der Waals surface area contributed by atoms with E-state index in [1.807, 2.05) is 0 Å². The van der Waals surface area contributed by atoms with E-state index in [4.69, 9.17) is 0 Å². The standard InChI is InChI=1S/C16H16O2S2/c1-9(17)15-13-5-3-12-8-20-16(10(2)18)14(12)6-4-11(13)7-19-15/h7-8H,3-6H2,1-2H3. The van der Waals surface area contributed by atoms with Crippen LogP contribution in [0.15, 0.2) is 10.8 Å². The number of Topliss-reactive ketones (excluding diaryl/α,β-unsaturated/α-hetero) is 2. The smallest absolute Gasteiger partial charge is 0.169 e. The number of thiophene rings is 2. The van der Waals surface area contributed by atoms with E-state index in [0.29, 0.717) is 0 Å². The number of hydrogen-bond acceptors (Lipinski definition) is 4. The summed E-state index contributed by atoms with van der Waals surface area (Å²) in [5.74, 6) is 0.346. The fourth-order valence-electron chi connectivity index (χ4n) is 2.91. The van der Waals surface area contributed by atoms with Crippen LogP contribution in [0.4, 0.5) is 0 Å². The highest BCUT2D eigenvalue weighted by Crippen LogP contribution is 2.32. The monoisotopic (exact) mass is 304 g/mol. The number of rotatable bonds is 2. The van der Waals surface area contributed by atoms with Gasteiger partial charge in [0.25, 0.3) is 0 Å². The molecule has 0 unspecified atom stereocenters. The van der Waals surface area contributed by atoms with E-state index in [1.165, 1.54) is 22.3 Å². The van der Waals surface area contributed by atoms with Crippen LogP contribution in [-0.2, 0) is 25.7 Å². The van der Waals surface area contributed by atoms with Gasteiger partial charge in [0.1, 0.15) is 0 Å². The van der Waals surface area contributed by atoms with Gasteiger partial charge in [-0.3, -0.25) is 9.59 Å². The van der Waals surface area contributed by atoms with E-state index in [0.717, 1.165) is 35.4 Å². The Morgan fingerprint density at radius 1 is 0.800 bits per heavy atom. The first kappa shape index (κ1) is 13.7. The van der Waals surface area contributed by atoms with Gasteiger partial charge < -0.3 is 0 Å². The van der Waals surface area contributed by atoms with Gasteiger partial charge in [0.2, 0.25) is 0 Å². The van der Waals surface area contributed by atoms with Crippen LogP contribution in [0.1, 0.15) is 55.4 Å². The van der Waals surface area contributed by atoms with Crippen LogP contribution in [0.5, 0.6) is 0 Å². The zero-order chi connectivity index (χ0) is 14.3. The van der Waals surface area contributed by atoms with Gasteiger partial charge in [-0.2, -0.15) is 0 Å². The molecule has 1 aliphatic carbocycles. The van der Waals surface area contributed by atoms with Crippen molar-refractivity contribution in [2.75, 3.05) is 0 Å². The second kappa shape index (κ2) is 5.26.